The molecule has 0 unspecified atom stereocenters. The molecule has 8 heteroatoms. The number of hydrogen-bond acceptors (Lipinski definition) is 4. The highest BCUT2D eigenvalue weighted by molar-refractivity contribution is 7.93. The Labute approximate surface area is 138 Å². The van der Waals surface area contributed by atoms with Gasteiger partial charge in [0.05, 0.1) is 10.6 Å². The number of rotatable bonds is 3. The molecule has 0 fully saturated rings. The molecule has 1 aliphatic rings. The van der Waals surface area contributed by atoms with E-state index < -0.39 is 26.5 Å². The molecule has 2 aromatic carbocycles. The van der Waals surface area contributed by atoms with E-state index in [1.807, 2.05) is 0 Å². The molecule has 0 radical (unpaired) electrons. The average molecular weight is 350 g/mol. The molecule has 0 saturated heterocycles. The summed E-state index contributed by atoms with van der Waals surface area (Å²) in [6, 6.07) is 8.77. The van der Waals surface area contributed by atoms with Crippen LogP contribution in [0.5, 0.6) is 0 Å². The summed E-state index contributed by atoms with van der Waals surface area (Å²) in [5.74, 6) is -0.439. The van der Waals surface area contributed by atoms with Crippen molar-refractivity contribution in [3.8, 4) is 0 Å². The van der Waals surface area contributed by atoms with E-state index in [-0.39, 0.29) is 10.9 Å². The number of anilines is 1. The fraction of sp³-hybridized carbons (Fsp3) is 0.250. The van der Waals surface area contributed by atoms with Crippen molar-refractivity contribution < 1.29 is 17.7 Å². The van der Waals surface area contributed by atoms with E-state index in [0.717, 1.165) is 10.4 Å². The van der Waals surface area contributed by atoms with Crippen LogP contribution >= 0.6 is 0 Å². The first-order valence-corrected chi connectivity index (χ1v) is 8.82. The van der Waals surface area contributed by atoms with Crippen LogP contribution < -0.4 is 4.31 Å². The summed E-state index contributed by atoms with van der Waals surface area (Å²) in [7, 11) is -4.14. The highest BCUT2D eigenvalue weighted by Crippen LogP contribution is 2.37. The van der Waals surface area contributed by atoms with Gasteiger partial charge < -0.3 is 0 Å². The standard InChI is InChI=1S/C16H15FN2O4S/c1-11-6-7-12-10-13(17)8-9-14(12)18(11)24(22,23)16-5-3-2-4-15(16)19(20)21/h2-5,8-11H,6-7H2,1H3/t11-/m1/s1. The fourth-order valence-electron chi connectivity index (χ4n) is 2.99. The number of sulfonamides is 1. The lowest BCUT2D eigenvalue weighted by atomic mass is 9.99. The Morgan fingerprint density at radius 1 is 1.25 bits per heavy atom. The van der Waals surface area contributed by atoms with Crippen LogP contribution in [0.4, 0.5) is 15.8 Å². The molecule has 0 N–H and O–H groups in total. The van der Waals surface area contributed by atoms with Crippen LogP contribution in [0.15, 0.2) is 47.4 Å². The van der Waals surface area contributed by atoms with Crippen molar-refractivity contribution in [2.45, 2.75) is 30.7 Å². The van der Waals surface area contributed by atoms with Crippen LogP contribution in [0.1, 0.15) is 18.9 Å². The molecule has 6 nitrogen and oxygen atoms in total. The van der Waals surface area contributed by atoms with Gasteiger partial charge in [0.1, 0.15) is 5.82 Å². The number of benzene rings is 2. The minimum Gasteiger partial charge on any atom is -0.263 e. The van der Waals surface area contributed by atoms with Crippen molar-refractivity contribution >= 4 is 21.4 Å². The summed E-state index contributed by atoms with van der Waals surface area (Å²) in [6.45, 7) is 1.73. The zero-order chi connectivity index (χ0) is 17.5. The number of nitro groups is 1. The Morgan fingerprint density at radius 3 is 2.67 bits per heavy atom. The second-order valence-corrected chi connectivity index (χ2v) is 7.47. The first kappa shape index (κ1) is 16.4. The van der Waals surface area contributed by atoms with Crippen LogP contribution in [-0.2, 0) is 16.4 Å². The van der Waals surface area contributed by atoms with Crippen LogP contribution in [0.25, 0.3) is 0 Å². The largest absolute Gasteiger partial charge is 0.289 e. The predicted molar refractivity (Wildman–Crippen MR) is 86.9 cm³/mol. The molecule has 3 rings (SSSR count). The molecular weight excluding hydrogens is 335 g/mol. The van der Waals surface area contributed by atoms with E-state index in [9.17, 15) is 22.9 Å². The molecule has 0 bridgehead atoms. The molecule has 0 amide bonds. The third-order valence-electron chi connectivity index (χ3n) is 4.11. The first-order chi connectivity index (χ1) is 11.3. The summed E-state index contributed by atoms with van der Waals surface area (Å²) in [5, 5.41) is 11.2. The minimum absolute atomic E-state index is 0.362. The summed E-state index contributed by atoms with van der Waals surface area (Å²) in [4.78, 5) is 10.1. The second-order valence-electron chi connectivity index (χ2n) is 5.69. The molecule has 0 aliphatic carbocycles. The van der Waals surface area contributed by atoms with E-state index >= 15 is 0 Å². The Balaban J connectivity index is 2.20. The highest BCUT2D eigenvalue weighted by Gasteiger charge is 2.37. The molecule has 0 saturated carbocycles. The van der Waals surface area contributed by atoms with E-state index in [0.29, 0.717) is 24.1 Å². The lowest BCUT2D eigenvalue weighted by molar-refractivity contribution is -0.387. The molecular formula is C16H15FN2O4S. The van der Waals surface area contributed by atoms with Crippen LogP contribution in [0.3, 0.4) is 0 Å². The van der Waals surface area contributed by atoms with Crippen molar-refractivity contribution in [2.75, 3.05) is 4.31 Å². The molecule has 0 spiro atoms. The van der Waals surface area contributed by atoms with Gasteiger partial charge in [-0.3, -0.25) is 14.4 Å². The van der Waals surface area contributed by atoms with Gasteiger partial charge in [0.25, 0.3) is 15.7 Å². The minimum atomic E-state index is -4.14. The van der Waals surface area contributed by atoms with Gasteiger partial charge in [-0.15, -0.1) is 0 Å². The van der Waals surface area contributed by atoms with Crippen LogP contribution in [0, 0.1) is 15.9 Å². The van der Waals surface area contributed by atoms with Crippen LogP contribution in [-0.4, -0.2) is 19.4 Å². The zero-order valence-electron chi connectivity index (χ0n) is 12.8. The lowest BCUT2D eigenvalue weighted by Gasteiger charge is -2.35. The number of hydrogen-bond donors (Lipinski definition) is 0. The van der Waals surface area contributed by atoms with Crippen LogP contribution in [0.2, 0.25) is 0 Å². The monoisotopic (exact) mass is 350 g/mol. The number of para-hydroxylation sites is 1. The topological polar surface area (TPSA) is 80.5 Å². The van der Waals surface area contributed by atoms with Crippen molar-refractivity contribution in [3.63, 3.8) is 0 Å². The molecule has 2 aromatic rings. The Morgan fingerprint density at radius 2 is 1.96 bits per heavy atom. The summed E-state index contributed by atoms with van der Waals surface area (Å²) in [5.41, 5.74) is 0.475. The number of fused-ring (bicyclic) bond motifs is 1. The molecule has 24 heavy (non-hydrogen) atoms. The van der Waals surface area contributed by atoms with E-state index in [1.54, 1.807) is 6.92 Å². The van der Waals surface area contributed by atoms with E-state index in [4.69, 9.17) is 0 Å². The quantitative estimate of drug-likeness (QED) is 0.628. The van der Waals surface area contributed by atoms with Crippen molar-refractivity contribution in [2.24, 2.45) is 0 Å². The van der Waals surface area contributed by atoms with Gasteiger partial charge in [-0.1, -0.05) is 12.1 Å². The number of halogens is 1. The Hall–Kier alpha value is -2.48. The average Bonchev–Trinajstić information content (AvgIpc) is 2.54. The maximum absolute atomic E-state index is 13.5. The maximum Gasteiger partial charge on any atom is 0.289 e. The van der Waals surface area contributed by atoms with Crippen molar-refractivity contribution in [1.82, 2.24) is 0 Å². The van der Waals surface area contributed by atoms with Gasteiger partial charge >= 0.3 is 0 Å². The second kappa shape index (κ2) is 5.86. The number of aryl methyl sites for hydroxylation is 1. The van der Waals surface area contributed by atoms with Gasteiger partial charge in [0.15, 0.2) is 4.90 Å². The fourth-order valence-corrected chi connectivity index (χ4v) is 4.87. The predicted octanol–water partition coefficient (Wildman–Crippen LogP) is 3.26. The smallest absolute Gasteiger partial charge is 0.263 e. The van der Waals surface area contributed by atoms with Gasteiger partial charge in [-0.05, 0) is 49.6 Å². The molecule has 1 heterocycles. The molecule has 126 valence electrons. The number of nitro benzene ring substituents is 1. The van der Waals surface area contributed by atoms with Gasteiger partial charge in [-0.2, -0.15) is 0 Å². The van der Waals surface area contributed by atoms with Crippen molar-refractivity contribution in [3.05, 3.63) is 64.0 Å². The first-order valence-electron chi connectivity index (χ1n) is 7.38. The third-order valence-corrected chi connectivity index (χ3v) is 6.09. The summed E-state index contributed by atoms with van der Waals surface area (Å²) < 4.78 is 40.8. The molecule has 0 aromatic heterocycles. The van der Waals surface area contributed by atoms with E-state index in [1.165, 1.54) is 36.4 Å². The van der Waals surface area contributed by atoms with Gasteiger partial charge in [0, 0.05) is 12.1 Å². The van der Waals surface area contributed by atoms with Gasteiger partial charge in [-0.25, -0.2) is 12.8 Å². The molecule has 1 aliphatic heterocycles. The Kier molecular flexibility index (Phi) is 4.00. The summed E-state index contributed by atoms with van der Waals surface area (Å²) >= 11 is 0. The van der Waals surface area contributed by atoms with Gasteiger partial charge in [0.2, 0.25) is 0 Å². The SMILES string of the molecule is C[C@@H]1CCc2cc(F)ccc2N1S(=O)(=O)c1ccccc1[N+](=O)[O-]. The Bertz CT molecular complexity index is 914. The van der Waals surface area contributed by atoms with E-state index in [2.05, 4.69) is 0 Å². The third kappa shape index (κ3) is 2.62. The summed E-state index contributed by atoms with van der Waals surface area (Å²) in [6.07, 6.45) is 1.06. The zero-order valence-corrected chi connectivity index (χ0v) is 13.7. The normalized spacial score (nSPS) is 17.4. The lowest BCUT2D eigenvalue weighted by Crippen LogP contribution is -2.42. The molecule has 1 atom stereocenters. The number of nitrogens with zero attached hydrogens (tertiary/aromatic N) is 2. The van der Waals surface area contributed by atoms with Crippen molar-refractivity contribution in [1.29, 1.82) is 0 Å². The maximum atomic E-state index is 13.5. The highest BCUT2D eigenvalue weighted by atomic mass is 32.2.